The number of aliphatic hydroxyl groups is 2. The molecule has 10 heavy (non-hydrogen) atoms. The molecule has 2 N–H and O–H groups in total. The number of carbonyl (C=O) groups is 1. The first-order chi connectivity index (χ1) is 4.72. The summed E-state index contributed by atoms with van der Waals surface area (Å²) < 4.78 is 0. The smallest absolute Gasteiger partial charge is 0.142 e. The molecule has 0 aromatic carbocycles. The average Bonchev–Trinajstić information content (AvgIpc) is 1.98. The molecule has 0 spiro atoms. The van der Waals surface area contributed by atoms with Crippen LogP contribution in [0.4, 0.5) is 0 Å². The second kappa shape index (κ2) is 5.58. The predicted octanol–water partition coefficient (Wildman–Crippen LogP) is -0.142. The molecule has 58 valence electrons. The lowest BCUT2D eigenvalue weighted by molar-refractivity contribution is -0.104. The number of hydrogen-bond acceptors (Lipinski definition) is 3. The van der Waals surface area contributed by atoms with Crippen molar-refractivity contribution >= 4 is 22.2 Å². The van der Waals surface area contributed by atoms with E-state index in [2.05, 4.69) is 15.9 Å². The summed E-state index contributed by atoms with van der Waals surface area (Å²) in [7, 11) is 0. The van der Waals surface area contributed by atoms with E-state index in [0.29, 0.717) is 6.29 Å². The van der Waals surface area contributed by atoms with E-state index in [1.807, 2.05) is 0 Å². The highest BCUT2D eigenvalue weighted by molar-refractivity contribution is 9.09. The van der Waals surface area contributed by atoms with Crippen LogP contribution < -0.4 is 0 Å². The number of aliphatic hydroxyl groups excluding tert-OH is 2. The molecule has 0 saturated carbocycles. The maximum absolute atomic E-state index is 9.73. The minimum atomic E-state index is -0.968. The van der Waals surface area contributed by atoms with Gasteiger partial charge in [-0.1, -0.05) is 22.0 Å². The van der Waals surface area contributed by atoms with Crippen LogP contribution in [-0.4, -0.2) is 34.0 Å². The summed E-state index contributed by atoms with van der Waals surface area (Å²) in [6.07, 6.45) is 1.11. The van der Waals surface area contributed by atoms with Crippen molar-refractivity contribution in [2.24, 2.45) is 0 Å². The van der Waals surface area contributed by atoms with Gasteiger partial charge < -0.3 is 10.2 Å². The molecule has 0 bridgehead atoms. The van der Waals surface area contributed by atoms with Crippen LogP contribution in [0.25, 0.3) is 0 Å². The van der Waals surface area contributed by atoms with Gasteiger partial charge in [0.25, 0.3) is 0 Å². The van der Waals surface area contributed by atoms with Gasteiger partial charge in [-0.25, -0.2) is 0 Å². The topological polar surface area (TPSA) is 57.5 Å². The Kier molecular flexibility index (Phi) is 5.48. The first-order valence-corrected chi connectivity index (χ1v) is 3.88. The minimum absolute atomic E-state index is 0.289. The highest BCUT2D eigenvalue weighted by Gasteiger charge is 2.09. The van der Waals surface area contributed by atoms with Gasteiger partial charge in [0, 0.05) is 5.33 Å². The zero-order chi connectivity index (χ0) is 7.98. The van der Waals surface area contributed by atoms with Crippen LogP contribution >= 0.6 is 15.9 Å². The summed E-state index contributed by atoms with van der Waals surface area (Å²) in [4.78, 5) is 9.73. The van der Waals surface area contributed by atoms with E-state index in [1.54, 1.807) is 0 Å². The average molecular weight is 209 g/mol. The number of alkyl halides is 1. The zero-order valence-electron chi connectivity index (χ0n) is 5.27. The van der Waals surface area contributed by atoms with Crippen molar-refractivity contribution < 1.29 is 15.0 Å². The second-order valence-electron chi connectivity index (χ2n) is 1.73. The number of allylic oxidation sites excluding steroid dienone is 1. The molecule has 0 aliphatic carbocycles. The molecule has 0 aliphatic rings. The maximum atomic E-state index is 9.73. The van der Waals surface area contributed by atoms with E-state index in [0.717, 1.165) is 6.08 Å². The number of rotatable bonds is 4. The summed E-state index contributed by atoms with van der Waals surface area (Å²) >= 11 is 2.98. The number of halogens is 1. The molecule has 0 rings (SSSR count). The Balaban J connectivity index is 3.70. The number of carbonyl (C=O) groups excluding carboxylic acids is 1. The second-order valence-corrected chi connectivity index (χ2v) is 2.38. The third kappa shape index (κ3) is 3.76. The quantitative estimate of drug-likeness (QED) is 0.385. The van der Waals surface area contributed by atoms with Crippen molar-refractivity contribution in [3.63, 3.8) is 0 Å². The SMILES string of the molecule is O=C/C=C/C(O)C(O)CBr. The Morgan fingerprint density at radius 3 is 2.50 bits per heavy atom. The van der Waals surface area contributed by atoms with Crippen LogP contribution in [0.3, 0.4) is 0 Å². The van der Waals surface area contributed by atoms with Gasteiger partial charge in [0.2, 0.25) is 0 Å². The zero-order valence-corrected chi connectivity index (χ0v) is 6.86. The molecule has 4 heteroatoms. The molecule has 0 aromatic heterocycles. The Morgan fingerprint density at radius 2 is 2.10 bits per heavy atom. The van der Waals surface area contributed by atoms with Gasteiger partial charge >= 0.3 is 0 Å². The molecular formula is C6H9BrO3. The van der Waals surface area contributed by atoms with Gasteiger partial charge in [0.05, 0.1) is 12.2 Å². The van der Waals surface area contributed by atoms with Crippen LogP contribution in [0.1, 0.15) is 0 Å². The van der Waals surface area contributed by atoms with Gasteiger partial charge in [-0.2, -0.15) is 0 Å². The molecule has 0 saturated heterocycles. The van der Waals surface area contributed by atoms with Crippen molar-refractivity contribution in [2.75, 3.05) is 5.33 Å². The third-order valence-corrected chi connectivity index (χ3v) is 1.60. The Bertz CT molecular complexity index is 124. The number of hydrogen-bond donors (Lipinski definition) is 2. The molecule has 2 atom stereocenters. The van der Waals surface area contributed by atoms with Gasteiger partial charge in [-0.3, -0.25) is 4.79 Å². The first kappa shape index (κ1) is 9.81. The van der Waals surface area contributed by atoms with Gasteiger partial charge in [0.1, 0.15) is 6.29 Å². The molecule has 2 unspecified atom stereocenters. The molecule has 0 aromatic rings. The fraction of sp³-hybridized carbons (Fsp3) is 0.500. The van der Waals surface area contributed by atoms with E-state index in [-0.39, 0.29) is 5.33 Å². The molecule has 0 radical (unpaired) electrons. The van der Waals surface area contributed by atoms with E-state index >= 15 is 0 Å². The van der Waals surface area contributed by atoms with E-state index in [1.165, 1.54) is 6.08 Å². The van der Waals surface area contributed by atoms with Crippen LogP contribution in [-0.2, 0) is 4.79 Å². The van der Waals surface area contributed by atoms with E-state index < -0.39 is 12.2 Å². The fourth-order valence-electron chi connectivity index (χ4n) is 0.379. The highest BCUT2D eigenvalue weighted by Crippen LogP contribution is 1.98. The normalized spacial score (nSPS) is 17.1. The Labute approximate surface area is 67.5 Å². The summed E-state index contributed by atoms with van der Waals surface area (Å²) in [5.41, 5.74) is 0. The lowest BCUT2D eigenvalue weighted by Gasteiger charge is -2.09. The van der Waals surface area contributed by atoms with Crippen LogP contribution in [0, 0.1) is 0 Å². The summed E-state index contributed by atoms with van der Waals surface area (Å²) in [5.74, 6) is 0. The third-order valence-electron chi connectivity index (χ3n) is 0.939. The van der Waals surface area contributed by atoms with Crippen LogP contribution in [0.2, 0.25) is 0 Å². The van der Waals surface area contributed by atoms with E-state index in [9.17, 15) is 4.79 Å². The lowest BCUT2D eigenvalue weighted by atomic mass is 10.2. The van der Waals surface area contributed by atoms with Gasteiger partial charge in [-0.15, -0.1) is 0 Å². The highest BCUT2D eigenvalue weighted by atomic mass is 79.9. The van der Waals surface area contributed by atoms with Crippen molar-refractivity contribution in [3.8, 4) is 0 Å². The molecule has 0 aliphatic heterocycles. The fourth-order valence-corrected chi connectivity index (χ4v) is 0.762. The minimum Gasteiger partial charge on any atom is -0.389 e. The lowest BCUT2D eigenvalue weighted by Crippen LogP contribution is -2.24. The van der Waals surface area contributed by atoms with Gasteiger partial charge in [0.15, 0.2) is 0 Å². The summed E-state index contributed by atoms with van der Waals surface area (Å²) in [6.45, 7) is 0. The van der Waals surface area contributed by atoms with Crippen molar-refractivity contribution in [3.05, 3.63) is 12.2 Å². The van der Waals surface area contributed by atoms with Crippen molar-refractivity contribution in [1.29, 1.82) is 0 Å². The molecule has 0 amide bonds. The Morgan fingerprint density at radius 1 is 1.50 bits per heavy atom. The Hall–Kier alpha value is -0.190. The van der Waals surface area contributed by atoms with Crippen molar-refractivity contribution in [1.82, 2.24) is 0 Å². The largest absolute Gasteiger partial charge is 0.389 e. The van der Waals surface area contributed by atoms with Crippen LogP contribution in [0.15, 0.2) is 12.2 Å². The monoisotopic (exact) mass is 208 g/mol. The molecule has 0 fully saturated rings. The predicted molar refractivity (Wildman–Crippen MR) is 41.0 cm³/mol. The summed E-state index contributed by atoms with van der Waals surface area (Å²) in [6, 6.07) is 0. The van der Waals surface area contributed by atoms with Gasteiger partial charge in [-0.05, 0) is 6.08 Å². The first-order valence-electron chi connectivity index (χ1n) is 2.76. The molecule has 3 nitrogen and oxygen atoms in total. The molecular weight excluding hydrogens is 200 g/mol. The number of aldehydes is 1. The summed E-state index contributed by atoms with van der Waals surface area (Å²) in [5, 5.41) is 18.1. The van der Waals surface area contributed by atoms with E-state index in [4.69, 9.17) is 10.2 Å². The standard InChI is InChI=1S/C6H9BrO3/c7-4-6(10)5(9)2-1-3-8/h1-3,5-6,9-10H,4H2/b2-1+. The molecule has 0 heterocycles. The maximum Gasteiger partial charge on any atom is 0.142 e. The van der Waals surface area contributed by atoms with Crippen LogP contribution in [0.5, 0.6) is 0 Å². The van der Waals surface area contributed by atoms with Crippen molar-refractivity contribution in [2.45, 2.75) is 12.2 Å².